The lowest BCUT2D eigenvalue weighted by Crippen LogP contribution is -2.13. The van der Waals surface area contributed by atoms with Crippen LogP contribution in [0.3, 0.4) is 0 Å². The predicted octanol–water partition coefficient (Wildman–Crippen LogP) is 5.39. The maximum Gasteiger partial charge on any atom is 0.274 e. The quantitative estimate of drug-likeness (QED) is 0.614. The minimum atomic E-state index is -0.367. The molecule has 1 heterocycles. The highest BCUT2D eigenvalue weighted by Gasteiger charge is 2.09. The van der Waals surface area contributed by atoms with E-state index in [1.54, 1.807) is 48.7 Å². The molecule has 0 aliphatic heterocycles. The molecule has 132 valence electrons. The Labute approximate surface area is 160 Å². The third kappa shape index (κ3) is 4.94. The average Bonchev–Trinajstić information content (AvgIpc) is 2.61. The van der Waals surface area contributed by atoms with Gasteiger partial charge in [-0.05, 0) is 48.0 Å². The summed E-state index contributed by atoms with van der Waals surface area (Å²) in [7, 11) is 0. The first-order chi connectivity index (χ1) is 12.5. The van der Waals surface area contributed by atoms with Crippen LogP contribution < -0.4 is 10.6 Å². The Balaban J connectivity index is 1.61. The smallest absolute Gasteiger partial charge is 0.274 e. The number of nitrogens with zero attached hydrogens (tertiary/aromatic N) is 1. The maximum absolute atomic E-state index is 12.9. The Bertz CT molecular complexity index is 895. The van der Waals surface area contributed by atoms with Crippen molar-refractivity contribution >= 4 is 40.5 Å². The van der Waals surface area contributed by atoms with Gasteiger partial charge in [-0.1, -0.05) is 35.3 Å². The number of pyridine rings is 1. The van der Waals surface area contributed by atoms with Crippen molar-refractivity contribution in [3.63, 3.8) is 0 Å². The topological polar surface area (TPSA) is 54.0 Å². The minimum absolute atomic E-state index is 0.258. The van der Waals surface area contributed by atoms with E-state index in [1.165, 1.54) is 12.1 Å². The summed E-state index contributed by atoms with van der Waals surface area (Å²) in [5.74, 6) is -0.639. The molecule has 1 aromatic heterocycles. The second-order valence-corrected chi connectivity index (χ2v) is 6.40. The first kappa shape index (κ1) is 18.2. The van der Waals surface area contributed by atoms with Gasteiger partial charge in [-0.2, -0.15) is 0 Å². The zero-order valence-electron chi connectivity index (χ0n) is 13.5. The molecule has 2 N–H and O–H groups in total. The van der Waals surface area contributed by atoms with Gasteiger partial charge in [-0.3, -0.25) is 4.79 Å². The first-order valence-corrected chi connectivity index (χ1v) is 8.47. The summed E-state index contributed by atoms with van der Waals surface area (Å²) >= 11 is 11.8. The molecule has 0 aliphatic carbocycles. The van der Waals surface area contributed by atoms with Crippen molar-refractivity contribution in [1.82, 2.24) is 4.98 Å². The van der Waals surface area contributed by atoms with Crippen LogP contribution in [0.5, 0.6) is 0 Å². The molecule has 0 fully saturated rings. The molecule has 0 aliphatic rings. The van der Waals surface area contributed by atoms with Gasteiger partial charge in [-0.15, -0.1) is 0 Å². The molecule has 0 saturated carbocycles. The van der Waals surface area contributed by atoms with E-state index in [0.29, 0.717) is 22.3 Å². The molecule has 0 radical (unpaired) electrons. The molecule has 2 aromatic carbocycles. The molecule has 4 nitrogen and oxygen atoms in total. The van der Waals surface area contributed by atoms with E-state index in [4.69, 9.17) is 23.2 Å². The van der Waals surface area contributed by atoms with Crippen LogP contribution in [0.1, 0.15) is 16.1 Å². The zero-order chi connectivity index (χ0) is 18.5. The fourth-order valence-corrected chi connectivity index (χ4v) is 2.79. The molecule has 7 heteroatoms. The van der Waals surface area contributed by atoms with Crippen molar-refractivity contribution in [3.8, 4) is 0 Å². The number of hydrogen-bond acceptors (Lipinski definition) is 3. The molecule has 3 rings (SSSR count). The van der Waals surface area contributed by atoms with Crippen LogP contribution in [0.2, 0.25) is 10.0 Å². The van der Waals surface area contributed by atoms with Crippen LogP contribution in [0.25, 0.3) is 0 Å². The second kappa shape index (κ2) is 8.17. The third-order valence-corrected chi connectivity index (χ3v) is 3.96. The molecule has 26 heavy (non-hydrogen) atoms. The van der Waals surface area contributed by atoms with Crippen LogP contribution in [0, 0.1) is 5.82 Å². The van der Waals surface area contributed by atoms with Gasteiger partial charge in [0.05, 0.1) is 11.9 Å². The van der Waals surface area contributed by atoms with E-state index in [1.807, 2.05) is 0 Å². The molecule has 0 unspecified atom stereocenters. The van der Waals surface area contributed by atoms with Crippen LogP contribution in [0.4, 0.5) is 15.8 Å². The predicted molar refractivity (Wildman–Crippen MR) is 102 cm³/mol. The number of halogens is 3. The Morgan fingerprint density at radius 2 is 1.65 bits per heavy atom. The Kier molecular flexibility index (Phi) is 5.71. The normalized spacial score (nSPS) is 10.4. The summed E-state index contributed by atoms with van der Waals surface area (Å²) in [5.41, 5.74) is 2.43. The number of hydrogen-bond donors (Lipinski definition) is 2. The summed E-state index contributed by atoms with van der Waals surface area (Å²) in [6.45, 7) is 0.522. The Hall–Kier alpha value is -2.63. The lowest BCUT2D eigenvalue weighted by Gasteiger charge is -2.08. The number of carbonyl (C=O) groups is 1. The number of benzene rings is 2. The standard InChI is InChI=1S/C19H14Cl2FN3O/c20-13-7-14(21)9-17(8-13)25-19(26)18-6-5-16(11-24-18)23-10-12-1-3-15(22)4-2-12/h1-9,11,23H,10H2,(H,25,26). The number of aromatic nitrogens is 1. The van der Waals surface area contributed by atoms with Crippen LogP contribution in [-0.2, 0) is 6.54 Å². The largest absolute Gasteiger partial charge is 0.380 e. The van der Waals surface area contributed by atoms with Gasteiger partial charge in [0.25, 0.3) is 5.91 Å². The summed E-state index contributed by atoms with van der Waals surface area (Å²) in [5, 5.41) is 6.72. The number of amides is 1. The lowest BCUT2D eigenvalue weighted by atomic mass is 10.2. The molecule has 0 atom stereocenters. The molecule has 0 saturated heterocycles. The van der Waals surface area contributed by atoms with E-state index in [9.17, 15) is 9.18 Å². The third-order valence-electron chi connectivity index (χ3n) is 3.53. The van der Waals surface area contributed by atoms with Gasteiger partial charge < -0.3 is 10.6 Å². The van der Waals surface area contributed by atoms with Crippen LogP contribution in [-0.4, -0.2) is 10.9 Å². The number of nitrogens with one attached hydrogen (secondary N) is 2. The van der Waals surface area contributed by atoms with Crippen molar-refractivity contribution in [2.24, 2.45) is 0 Å². The summed E-state index contributed by atoms with van der Waals surface area (Å²) in [6, 6.07) is 14.4. The molecule has 0 bridgehead atoms. The Morgan fingerprint density at radius 3 is 2.27 bits per heavy atom. The maximum atomic E-state index is 12.9. The minimum Gasteiger partial charge on any atom is -0.380 e. The zero-order valence-corrected chi connectivity index (χ0v) is 15.0. The van der Waals surface area contributed by atoms with E-state index < -0.39 is 0 Å². The van der Waals surface area contributed by atoms with Gasteiger partial charge in [0.1, 0.15) is 11.5 Å². The van der Waals surface area contributed by atoms with Crippen molar-refractivity contribution in [2.45, 2.75) is 6.54 Å². The first-order valence-electron chi connectivity index (χ1n) is 7.71. The highest BCUT2D eigenvalue weighted by molar-refractivity contribution is 6.35. The number of carbonyl (C=O) groups excluding carboxylic acids is 1. The highest BCUT2D eigenvalue weighted by atomic mass is 35.5. The number of rotatable bonds is 5. The SMILES string of the molecule is O=C(Nc1cc(Cl)cc(Cl)c1)c1ccc(NCc2ccc(F)cc2)cn1. The monoisotopic (exact) mass is 389 g/mol. The fourth-order valence-electron chi connectivity index (χ4n) is 2.26. The molecular formula is C19H14Cl2FN3O. The molecular weight excluding hydrogens is 376 g/mol. The van der Waals surface area contributed by atoms with E-state index in [2.05, 4.69) is 15.6 Å². The van der Waals surface area contributed by atoms with Gasteiger partial charge in [-0.25, -0.2) is 9.37 Å². The number of anilines is 2. The van der Waals surface area contributed by atoms with Gasteiger partial charge in [0.15, 0.2) is 0 Å². The Morgan fingerprint density at radius 1 is 0.962 bits per heavy atom. The second-order valence-electron chi connectivity index (χ2n) is 5.52. The van der Waals surface area contributed by atoms with Crippen LogP contribution in [0.15, 0.2) is 60.8 Å². The van der Waals surface area contributed by atoms with E-state index >= 15 is 0 Å². The van der Waals surface area contributed by atoms with Gasteiger partial charge in [0.2, 0.25) is 0 Å². The summed E-state index contributed by atoms with van der Waals surface area (Å²) in [6.07, 6.45) is 1.56. The van der Waals surface area contributed by atoms with Crippen molar-refractivity contribution in [3.05, 3.63) is 87.9 Å². The summed E-state index contributed by atoms with van der Waals surface area (Å²) in [4.78, 5) is 16.4. The van der Waals surface area contributed by atoms with E-state index in [0.717, 1.165) is 11.3 Å². The lowest BCUT2D eigenvalue weighted by molar-refractivity contribution is 0.102. The van der Waals surface area contributed by atoms with Gasteiger partial charge >= 0.3 is 0 Å². The van der Waals surface area contributed by atoms with Crippen molar-refractivity contribution in [2.75, 3.05) is 10.6 Å². The van der Waals surface area contributed by atoms with Crippen molar-refractivity contribution < 1.29 is 9.18 Å². The van der Waals surface area contributed by atoms with Crippen LogP contribution >= 0.6 is 23.2 Å². The molecule has 0 spiro atoms. The fraction of sp³-hybridized carbons (Fsp3) is 0.0526. The molecule has 3 aromatic rings. The highest BCUT2D eigenvalue weighted by Crippen LogP contribution is 2.22. The average molecular weight is 390 g/mol. The molecule has 1 amide bonds. The van der Waals surface area contributed by atoms with Crippen molar-refractivity contribution in [1.29, 1.82) is 0 Å². The van der Waals surface area contributed by atoms with Gasteiger partial charge in [0, 0.05) is 22.3 Å². The summed E-state index contributed by atoms with van der Waals surface area (Å²) < 4.78 is 12.9. The van der Waals surface area contributed by atoms with E-state index in [-0.39, 0.29) is 17.4 Å².